The first kappa shape index (κ1) is 14.4. The molecule has 0 amide bonds. The first-order valence-corrected chi connectivity index (χ1v) is 7.50. The Morgan fingerprint density at radius 3 is 2.42 bits per heavy atom. The SMILES string of the molecule is CC1CC(C)CC(OC(=O)c2cc(N)cc(Br)c2)C1. The zero-order chi connectivity index (χ0) is 14.0. The zero-order valence-electron chi connectivity index (χ0n) is 11.4. The number of anilines is 1. The van der Waals surface area contributed by atoms with Crippen molar-refractivity contribution in [1.29, 1.82) is 0 Å². The van der Waals surface area contributed by atoms with Crippen molar-refractivity contribution in [2.24, 2.45) is 11.8 Å². The molecule has 0 heterocycles. The lowest BCUT2D eigenvalue weighted by atomic mass is 9.82. The third-order valence-corrected chi connectivity index (χ3v) is 4.02. The van der Waals surface area contributed by atoms with E-state index in [4.69, 9.17) is 10.5 Å². The van der Waals surface area contributed by atoms with Crippen LogP contribution >= 0.6 is 15.9 Å². The monoisotopic (exact) mass is 325 g/mol. The van der Waals surface area contributed by atoms with E-state index in [9.17, 15) is 4.79 Å². The summed E-state index contributed by atoms with van der Waals surface area (Å²) in [6, 6.07) is 5.17. The first-order valence-electron chi connectivity index (χ1n) is 6.71. The van der Waals surface area contributed by atoms with E-state index in [0.717, 1.165) is 17.3 Å². The average molecular weight is 326 g/mol. The first-order chi connectivity index (χ1) is 8.94. The van der Waals surface area contributed by atoms with E-state index in [-0.39, 0.29) is 12.1 Å². The molecular weight excluding hydrogens is 306 g/mol. The number of hydrogen-bond acceptors (Lipinski definition) is 3. The van der Waals surface area contributed by atoms with E-state index in [2.05, 4.69) is 29.8 Å². The highest BCUT2D eigenvalue weighted by Crippen LogP contribution is 2.31. The molecule has 2 N–H and O–H groups in total. The molecule has 1 saturated carbocycles. The van der Waals surface area contributed by atoms with Gasteiger partial charge >= 0.3 is 5.97 Å². The van der Waals surface area contributed by atoms with Crippen molar-refractivity contribution in [3.05, 3.63) is 28.2 Å². The summed E-state index contributed by atoms with van der Waals surface area (Å²) in [5, 5.41) is 0. The van der Waals surface area contributed by atoms with Crippen LogP contribution in [0.3, 0.4) is 0 Å². The lowest BCUT2D eigenvalue weighted by Crippen LogP contribution is -2.28. The fourth-order valence-corrected chi connectivity index (χ4v) is 3.43. The van der Waals surface area contributed by atoms with Gasteiger partial charge in [0.15, 0.2) is 0 Å². The number of carbonyl (C=O) groups excluding carboxylic acids is 1. The number of hydrogen-bond donors (Lipinski definition) is 1. The van der Waals surface area contributed by atoms with Gasteiger partial charge in [-0.3, -0.25) is 0 Å². The molecule has 104 valence electrons. The minimum absolute atomic E-state index is 0.0338. The lowest BCUT2D eigenvalue weighted by Gasteiger charge is -2.31. The standard InChI is InChI=1S/C15H20BrNO2/c1-9-3-10(2)5-14(4-9)19-15(18)11-6-12(16)8-13(17)7-11/h6-10,14H,3-5,17H2,1-2H3. The second-order valence-corrected chi connectivity index (χ2v) is 6.63. The minimum atomic E-state index is -0.278. The van der Waals surface area contributed by atoms with Gasteiger partial charge in [-0.05, 0) is 49.3 Å². The molecule has 0 radical (unpaired) electrons. The second kappa shape index (κ2) is 5.95. The molecular formula is C15H20BrNO2. The van der Waals surface area contributed by atoms with Gasteiger partial charge in [0.05, 0.1) is 5.56 Å². The van der Waals surface area contributed by atoms with E-state index in [1.165, 1.54) is 6.42 Å². The molecule has 2 atom stereocenters. The van der Waals surface area contributed by atoms with Gasteiger partial charge in [0, 0.05) is 10.2 Å². The van der Waals surface area contributed by atoms with Crippen molar-refractivity contribution in [3.8, 4) is 0 Å². The highest BCUT2D eigenvalue weighted by atomic mass is 79.9. The number of benzene rings is 1. The second-order valence-electron chi connectivity index (χ2n) is 5.72. The van der Waals surface area contributed by atoms with Gasteiger partial charge in [0.2, 0.25) is 0 Å². The van der Waals surface area contributed by atoms with E-state index in [0.29, 0.717) is 23.1 Å². The van der Waals surface area contributed by atoms with Crippen molar-refractivity contribution >= 4 is 27.6 Å². The Balaban J connectivity index is 2.04. The molecule has 3 nitrogen and oxygen atoms in total. The quantitative estimate of drug-likeness (QED) is 0.660. The number of nitrogens with two attached hydrogens (primary N) is 1. The third kappa shape index (κ3) is 3.96. The zero-order valence-corrected chi connectivity index (χ0v) is 12.9. The Morgan fingerprint density at radius 1 is 1.21 bits per heavy atom. The van der Waals surface area contributed by atoms with Crippen LogP contribution in [0.4, 0.5) is 5.69 Å². The maximum absolute atomic E-state index is 12.1. The summed E-state index contributed by atoms with van der Waals surface area (Å²) in [7, 11) is 0. The van der Waals surface area contributed by atoms with Gasteiger partial charge in [-0.15, -0.1) is 0 Å². The molecule has 1 fully saturated rings. The van der Waals surface area contributed by atoms with Crippen LogP contribution in [-0.2, 0) is 4.74 Å². The molecule has 1 aliphatic rings. The summed E-state index contributed by atoms with van der Waals surface area (Å²) in [6.45, 7) is 4.43. The Hall–Kier alpha value is -1.03. The van der Waals surface area contributed by atoms with Gasteiger partial charge in [-0.2, -0.15) is 0 Å². The molecule has 19 heavy (non-hydrogen) atoms. The molecule has 0 spiro atoms. The Labute approximate surface area is 122 Å². The Morgan fingerprint density at radius 2 is 1.84 bits per heavy atom. The van der Waals surface area contributed by atoms with Crippen LogP contribution in [0.25, 0.3) is 0 Å². The van der Waals surface area contributed by atoms with Crippen molar-refractivity contribution in [1.82, 2.24) is 0 Å². The summed E-state index contributed by atoms with van der Waals surface area (Å²) in [4.78, 5) is 12.1. The summed E-state index contributed by atoms with van der Waals surface area (Å²) >= 11 is 3.34. The van der Waals surface area contributed by atoms with E-state index in [1.807, 2.05) is 0 Å². The number of nitrogen functional groups attached to an aromatic ring is 1. The van der Waals surface area contributed by atoms with Gasteiger partial charge in [0.25, 0.3) is 0 Å². The molecule has 0 aromatic heterocycles. The van der Waals surface area contributed by atoms with Crippen LogP contribution in [0.5, 0.6) is 0 Å². The van der Waals surface area contributed by atoms with E-state index >= 15 is 0 Å². The molecule has 0 aliphatic heterocycles. The van der Waals surface area contributed by atoms with Crippen molar-refractivity contribution < 1.29 is 9.53 Å². The molecule has 2 rings (SSSR count). The largest absolute Gasteiger partial charge is 0.459 e. The van der Waals surface area contributed by atoms with E-state index < -0.39 is 0 Å². The normalized spacial score (nSPS) is 27.0. The molecule has 2 unspecified atom stereocenters. The predicted octanol–water partition coefficient (Wildman–Crippen LogP) is 4.01. The average Bonchev–Trinajstić information content (AvgIpc) is 2.25. The molecule has 1 aromatic carbocycles. The van der Waals surface area contributed by atoms with Gasteiger partial charge in [0.1, 0.15) is 6.10 Å². The summed E-state index contributed by atoms with van der Waals surface area (Å²) < 4.78 is 6.41. The van der Waals surface area contributed by atoms with Crippen molar-refractivity contribution in [2.45, 2.75) is 39.2 Å². The van der Waals surface area contributed by atoms with Crippen LogP contribution in [0.2, 0.25) is 0 Å². The molecule has 1 aliphatic carbocycles. The maximum atomic E-state index is 12.1. The van der Waals surface area contributed by atoms with E-state index in [1.54, 1.807) is 18.2 Å². The van der Waals surface area contributed by atoms with Crippen LogP contribution in [0.15, 0.2) is 22.7 Å². The third-order valence-electron chi connectivity index (χ3n) is 3.56. The fraction of sp³-hybridized carbons (Fsp3) is 0.533. The highest BCUT2D eigenvalue weighted by molar-refractivity contribution is 9.10. The van der Waals surface area contributed by atoms with Gasteiger partial charge in [-0.25, -0.2) is 4.79 Å². The number of carbonyl (C=O) groups is 1. The molecule has 0 saturated heterocycles. The predicted molar refractivity (Wildman–Crippen MR) is 79.9 cm³/mol. The molecule has 1 aromatic rings. The topological polar surface area (TPSA) is 52.3 Å². The number of esters is 1. The summed E-state index contributed by atoms with van der Waals surface area (Å²) in [5.41, 5.74) is 6.81. The van der Waals surface area contributed by atoms with Crippen molar-refractivity contribution in [2.75, 3.05) is 5.73 Å². The van der Waals surface area contributed by atoms with Gasteiger partial charge < -0.3 is 10.5 Å². The Bertz CT molecular complexity index is 445. The fourth-order valence-electron chi connectivity index (χ4n) is 2.92. The number of rotatable bonds is 2. The van der Waals surface area contributed by atoms with Crippen molar-refractivity contribution in [3.63, 3.8) is 0 Å². The number of ether oxygens (including phenoxy) is 1. The maximum Gasteiger partial charge on any atom is 0.338 e. The highest BCUT2D eigenvalue weighted by Gasteiger charge is 2.27. The number of halogens is 1. The molecule has 4 heteroatoms. The lowest BCUT2D eigenvalue weighted by molar-refractivity contribution is 0.00805. The minimum Gasteiger partial charge on any atom is -0.459 e. The summed E-state index contributed by atoms with van der Waals surface area (Å²) in [6.07, 6.45) is 3.17. The van der Waals surface area contributed by atoms with Crippen LogP contribution in [0, 0.1) is 11.8 Å². The van der Waals surface area contributed by atoms with Crippen LogP contribution in [-0.4, -0.2) is 12.1 Å². The van der Waals surface area contributed by atoms with Gasteiger partial charge in [-0.1, -0.05) is 29.8 Å². The Kier molecular flexibility index (Phi) is 4.50. The van der Waals surface area contributed by atoms with Crippen LogP contribution < -0.4 is 5.73 Å². The van der Waals surface area contributed by atoms with Crippen LogP contribution in [0.1, 0.15) is 43.5 Å². The smallest absolute Gasteiger partial charge is 0.338 e. The summed E-state index contributed by atoms with van der Waals surface area (Å²) in [5.74, 6) is 0.961. The molecule has 0 bridgehead atoms.